The zero-order valence-electron chi connectivity index (χ0n) is 16.3. The Hall–Kier alpha value is -2.66. The third kappa shape index (κ3) is 5.42. The second-order valence-electron chi connectivity index (χ2n) is 6.95. The Bertz CT molecular complexity index is 834. The highest BCUT2D eigenvalue weighted by atomic mass is 32.2. The monoisotopic (exact) mass is 402 g/mol. The molecule has 0 radical (unpaired) electrons. The summed E-state index contributed by atoms with van der Waals surface area (Å²) in [6, 6.07) is 11.8. The minimum atomic E-state index is -0.242. The number of para-hydroxylation sites is 1. The quantitative estimate of drug-likeness (QED) is 0.498. The van der Waals surface area contributed by atoms with Gasteiger partial charge in [-0.25, -0.2) is 10.1 Å². The average Bonchev–Trinajstić information content (AvgIpc) is 2.72. The van der Waals surface area contributed by atoms with Crippen LogP contribution in [-0.4, -0.2) is 26.9 Å². The molecule has 28 heavy (non-hydrogen) atoms. The van der Waals surface area contributed by atoms with Gasteiger partial charge in [0.2, 0.25) is 11.3 Å². The number of rotatable bonds is 7. The van der Waals surface area contributed by atoms with E-state index in [1.807, 2.05) is 30.3 Å². The number of carbonyl (C=O) groups excluding carboxylic acids is 1. The van der Waals surface area contributed by atoms with Crippen LogP contribution in [0.5, 0.6) is 11.6 Å². The molecule has 0 spiro atoms. The molecule has 1 atom stereocenters. The smallest absolute Gasteiger partial charge is 0.270 e. The van der Waals surface area contributed by atoms with Gasteiger partial charge in [-0.15, -0.1) is 0 Å². The van der Waals surface area contributed by atoms with Crippen LogP contribution in [0.4, 0.5) is 0 Å². The first kappa shape index (κ1) is 20.1. The number of hydrogen-bond acceptors (Lipinski definition) is 3. The molecule has 7 nitrogen and oxygen atoms in total. The van der Waals surface area contributed by atoms with Gasteiger partial charge in [-0.1, -0.05) is 34.0 Å². The predicted molar refractivity (Wildman–Crippen MR) is 110 cm³/mol. The van der Waals surface area contributed by atoms with E-state index in [9.17, 15) is 4.79 Å². The number of hydrogen-bond donors (Lipinski definition) is 2. The van der Waals surface area contributed by atoms with E-state index in [1.54, 1.807) is 9.91 Å². The second-order valence-corrected chi connectivity index (χ2v) is 8.78. The summed E-state index contributed by atoms with van der Waals surface area (Å²) < 4.78 is 9.51. The summed E-state index contributed by atoms with van der Waals surface area (Å²) in [4.78, 5) is 13.9. The van der Waals surface area contributed by atoms with Crippen molar-refractivity contribution in [1.29, 1.82) is 5.26 Å². The van der Waals surface area contributed by atoms with Crippen molar-refractivity contribution in [2.75, 3.05) is 11.6 Å². The number of benzene rings is 1. The first-order chi connectivity index (χ1) is 13.7. The Morgan fingerprint density at radius 2 is 2.07 bits per heavy atom. The lowest BCUT2D eigenvalue weighted by molar-refractivity contribution is -0.118. The van der Waals surface area contributed by atoms with Gasteiger partial charge in [-0.3, -0.25) is 4.79 Å². The lowest BCUT2D eigenvalue weighted by atomic mass is 10.0. The van der Waals surface area contributed by atoms with Crippen LogP contribution in [0, 0.1) is 11.3 Å². The van der Waals surface area contributed by atoms with Gasteiger partial charge in [0.05, 0.1) is 16.7 Å². The molecule has 1 heterocycles. The maximum absolute atomic E-state index is 12.2. The Morgan fingerprint density at radius 1 is 1.32 bits per heavy atom. The van der Waals surface area contributed by atoms with Gasteiger partial charge in [0.25, 0.3) is 5.88 Å². The number of nitrogens with zero attached hydrogens (tertiary/aromatic N) is 3. The highest BCUT2D eigenvalue weighted by Gasteiger charge is 2.27. The van der Waals surface area contributed by atoms with E-state index in [2.05, 4.69) is 21.0 Å². The van der Waals surface area contributed by atoms with E-state index in [1.165, 1.54) is 39.0 Å². The Labute approximate surface area is 168 Å². The number of amides is 1. The van der Waals surface area contributed by atoms with Gasteiger partial charge < -0.3 is 4.74 Å². The molecule has 1 aliphatic carbocycles. The molecule has 1 aliphatic rings. The van der Waals surface area contributed by atoms with Crippen molar-refractivity contribution in [1.82, 2.24) is 14.5 Å². The number of aromatic nitrogens is 3. The molecule has 1 amide bonds. The topological polar surface area (TPSA) is 89.8 Å². The minimum absolute atomic E-state index is 0.0916. The van der Waals surface area contributed by atoms with Crippen LogP contribution in [0.2, 0.25) is 0 Å². The summed E-state index contributed by atoms with van der Waals surface area (Å²) in [6.45, 7) is 1.99. The number of unbranched alkanes of at least 4 members (excludes halogenated alkanes) is 1. The Kier molecular flexibility index (Phi) is 7.20. The number of nitrogens with one attached hydrogen (secondary N) is 2. The van der Waals surface area contributed by atoms with Crippen molar-refractivity contribution in [3.05, 3.63) is 35.7 Å². The zero-order chi connectivity index (χ0) is 19.8. The zero-order valence-corrected chi connectivity index (χ0v) is 17.1. The summed E-state index contributed by atoms with van der Waals surface area (Å²) >= 11 is 0. The highest BCUT2D eigenvalue weighted by Crippen LogP contribution is 2.41. The van der Waals surface area contributed by atoms with Gasteiger partial charge in [-0.2, -0.15) is 5.26 Å². The molecule has 1 aromatic heterocycles. The normalized spacial score (nSPS) is 14.9. The fraction of sp³-hybridized carbons (Fsp3) is 0.500. The van der Waals surface area contributed by atoms with Gasteiger partial charge >= 0.3 is 0 Å². The number of ether oxygens (including phenoxy) is 1. The van der Waals surface area contributed by atoms with Crippen LogP contribution < -0.4 is 9.75 Å². The average molecular weight is 403 g/mol. The lowest BCUT2D eigenvalue weighted by Gasteiger charge is -2.23. The van der Waals surface area contributed by atoms with Crippen LogP contribution >= 0.6 is 10.7 Å². The summed E-state index contributed by atoms with van der Waals surface area (Å²) in [5.41, 5.74) is 0. The molecule has 2 N–H and O–H groups in total. The fourth-order valence-electron chi connectivity index (χ4n) is 3.36. The van der Waals surface area contributed by atoms with Crippen LogP contribution in [0.1, 0.15) is 57.1 Å². The summed E-state index contributed by atoms with van der Waals surface area (Å²) in [7, 11) is -0.242. The van der Waals surface area contributed by atoms with E-state index < -0.39 is 0 Å². The number of aromatic amines is 2. The summed E-state index contributed by atoms with van der Waals surface area (Å²) in [5.74, 6) is 1.27. The third-order valence-electron chi connectivity index (χ3n) is 4.79. The maximum Gasteiger partial charge on any atom is 0.270 e. The van der Waals surface area contributed by atoms with Crippen molar-refractivity contribution >= 4 is 16.6 Å². The largest absolute Gasteiger partial charge is 0.435 e. The van der Waals surface area contributed by atoms with Crippen molar-refractivity contribution in [2.24, 2.45) is 0 Å². The standard InChI is InChI=1S/C20H28N5O2S/c1-17(26)24(15-9-8-14-21)25-22-20(27-18-10-4-2-5-11-18)16-28(23-25)19-12-6-3-7-13-19/h2,4-5,10-11,16,19,22-23H,3,6-9,12-13,15H2,1H3/q+1. The maximum atomic E-state index is 12.2. The van der Waals surface area contributed by atoms with E-state index in [0.29, 0.717) is 30.5 Å². The van der Waals surface area contributed by atoms with E-state index in [0.717, 1.165) is 5.75 Å². The van der Waals surface area contributed by atoms with Crippen molar-refractivity contribution in [3.63, 3.8) is 0 Å². The molecule has 0 bridgehead atoms. The molecule has 0 aliphatic heterocycles. The van der Waals surface area contributed by atoms with E-state index >= 15 is 0 Å². The highest BCUT2D eigenvalue weighted by molar-refractivity contribution is 7.25. The molecule has 8 heteroatoms. The first-order valence-corrected chi connectivity index (χ1v) is 11.2. The summed E-state index contributed by atoms with van der Waals surface area (Å²) in [5, 5.41) is 16.2. The molecule has 3 rings (SSSR count). The van der Waals surface area contributed by atoms with Gasteiger partial charge in [0.15, 0.2) is 5.25 Å². The van der Waals surface area contributed by atoms with E-state index in [-0.39, 0.29) is 16.6 Å². The second kappa shape index (κ2) is 10.0. The molecule has 150 valence electrons. The number of carbonyl (C=O) groups is 1. The molecule has 0 saturated heterocycles. The first-order valence-electron chi connectivity index (χ1n) is 9.82. The van der Waals surface area contributed by atoms with Crippen molar-refractivity contribution in [2.45, 2.75) is 57.1 Å². The number of H-pyrrole nitrogens is 2. The predicted octanol–water partition coefficient (Wildman–Crippen LogP) is 5.10. The van der Waals surface area contributed by atoms with Crippen LogP contribution in [0.15, 0.2) is 35.7 Å². The molecular weight excluding hydrogens is 374 g/mol. The Morgan fingerprint density at radius 3 is 2.75 bits per heavy atom. The SMILES string of the molecule is CC(=O)N(CCCC#N)n1[nH]c(Oc2ccccc2)c[s+](C2CCCCC2)[nH]1. The van der Waals surface area contributed by atoms with Crippen LogP contribution in [0.25, 0.3) is 0 Å². The fourth-order valence-corrected chi connectivity index (χ4v) is 5.27. The molecule has 1 aromatic carbocycles. The molecule has 1 saturated carbocycles. The van der Waals surface area contributed by atoms with E-state index in [4.69, 9.17) is 10.00 Å². The van der Waals surface area contributed by atoms with Gasteiger partial charge in [0.1, 0.15) is 5.75 Å². The van der Waals surface area contributed by atoms with Gasteiger partial charge in [0, 0.05) is 32.7 Å². The summed E-state index contributed by atoms with van der Waals surface area (Å²) in [6.07, 6.45) is 7.15. The molecule has 1 fully saturated rings. The lowest BCUT2D eigenvalue weighted by Crippen LogP contribution is -2.42. The number of nitriles is 1. The molecule has 2 aromatic rings. The molecule has 1 unspecified atom stereocenters. The Balaban J connectivity index is 1.93. The van der Waals surface area contributed by atoms with Crippen molar-refractivity contribution in [3.8, 4) is 17.7 Å². The van der Waals surface area contributed by atoms with Crippen LogP contribution in [-0.2, 0) is 4.79 Å². The van der Waals surface area contributed by atoms with Crippen LogP contribution in [0.3, 0.4) is 0 Å². The molecular formula is C20H28N5O2S+. The van der Waals surface area contributed by atoms with Crippen molar-refractivity contribution < 1.29 is 9.53 Å². The third-order valence-corrected chi connectivity index (χ3v) is 6.83. The van der Waals surface area contributed by atoms with Gasteiger partial charge in [-0.05, 0) is 31.4 Å². The minimum Gasteiger partial charge on any atom is -0.435 e.